The van der Waals surface area contributed by atoms with Crippen LogP contribution >= 0.6 is 0 Å². The van der Waals surface area contributed by atoms with Crippen LogP contribution in [0.25, 0.3) is 10.9 Å². The topological polar surface area (TPSA) is 90.0 Å². The van der Waals surface area contributed by atoms with Gasteiger partial charge in [-0.3, -0.25) is 14.2 Å². The Balaban J connectivity index is 1.72. The predicted octanol–water partition coefficient (Wildman–Crippen LogP) is 1.86. The third-order valence-corrected chi connectivity index (χ3v) is 3.26. The van der Waals surface area contributed by atoms with Crippen molar-refractivity contribution >= 4 is 22.6 Å². The first kappa shape index (κ1) is 14.9. The molecule has 0 unspecified atom stereocenters. The summed E-state index contributed by atoms with van der Waals surface area (Å²) >= 11 is 0. The van der Waals surface area contributed by atoms with Gasteiger partial charge in [-0.05, 0) is 19.1 Å². The summed E-state index contributed by atoms with van der Waals surface area (Å²) in [5.74, 6) is 0.156. The third-order valence-electron chi connectivity index (χ3n) is 3.26. The molecule has 118 valence electrons. The van der Waals surface area contributed by atoms with Crippen molar-refractivity contribution < 1.29 is 13.7 Å². The lowest BCUT2D eigenvalue weighted by molar-refractivity contribution is -0.116. The van der Waals surface area contributed by atoms with Gasteiger partial charge in [-0.25, -0.2) is 9.37 Å². The Morgan fingerprint density at radius 2 is 2.22 bits per heavy atom. The highest BCUT2D eigenvalue weighted by Gasteiger charge is 2.09. The number of nitrogens with one attached hydrogen (secondary N) is 1. The van der Waals surface area contributed by atoms with Crippen LogP contribution in [0.4, 0.5) is 10.2 Å². The second-order valence-corrected chi connectivity index (χ2v) is 5.03. The van der Waals surface area contributed by atoms with Crippen molar-refractivity contribution in [3.63, 3.8) is 0 Å². The molecule has 0 saturated carbocycles. The fourth-order valence-corrected chi connectivity index (χ4v) is 2.14. The Morgan fingerprint density at radius 3 is 2.96 bits per heavy atom. The van der Waals surface area contributed by atoms with E-state index < -0.39 is 5.82 Å². The van der Waals surface area contributed by atoms with Gasteiger partial charge in [0.25, 0.3) is 5.56 Å². The Hall–Kier alpha value is -3.03. The first-order chi connectivity index (χ1) is 11.0. The molecule has 0 aliphatic rings. The van der Waals surface area contributed by atoms with E-state index in [-0.39, 0.29) is 29.9 Å². The van der Waals surface area contributed by atoms with Crippen LogP contribution in [0.3, 0.4) is 0 Å². The number of benzene rings is 1. The molecule has 7 nitrogen and oxygen atoms in total. The summed E-state index contributed by atoms with van der Waals surface area (Å²) in [4.78, 5) is 28.1. The molecular weight excluding hydrogens is 303 g/mol. The monoisotopic (exact) mass is 316 g/mol. The molecule has 2 heterocycles. The highest BCUT2D eigenvalue weighted by atomic mass is 19.1. The lowest BCUT2D eigenvalue weighted by atomic mass is 10.2. The number of hydrogen-bond acceptors (Lipinski definition) is 5. The average molecular weight is 316 g/mol. The van der Waals surface area contributed by atoms with Crippen molar-refractivity contribution in [2.75, 3.05) is 5.32 Å². The van der Waals surface area contributed by atoms with E-state index in [0.29, 0.717) is 17.0 Å². The summed E-state index contributed by atoms with van der Waals surface area (Å²) in [6, 6.07) is 5.38. The highest BCUT2D eigenvalue weighted by molar-refractivity contribution is 5.89. The quantitative estimate of drug-likeness (QED) is 0.793. The lowest BCUT2D eigenvalue weighted by Gasteiger charge is -2.06. The maximum atomic E-state index is 13.1. The number of aromatic nitrogens is 3. The van der Waals surface area contributed by atoms with Gasteiger partial charge in [0.2, 0.25) is 5.91 Å². The molecule has 2 aromatic heterocycles. The van der Waals surface area contributed by atoms with E-state index in [1.54, 1.807) is 13.0 Å². The van der Waals surface area contributed by atoms with E-state index in [9.17, 15) is 14.0 Å². The Morgan fingerprint density at radius 1 is 1.39 bits per heavy atom. The van der Waals surface area contributed by atoms with Crippen molar-refractivity contribution in [2.24, 2.45) is 0 Å². The van der Waals surface area contributed by atoms with Gasteiger partial charge in [0.1, 0.15) is 11.6 Å². The fourth-order valence-electron chi connectivity index (χ4n) is 2.14. The minimum atomic E-state index is -0.454. The van der Waals surface area contributed by atoms with E-state index in [1.807, 2.05) is 0 Å². The van der Waals surface area contributed by atoms with E-state index in [4.69, 9.17) is 4.52 Å². The van der Waals surface area contributed by atoms with Crippen LogP contribution in [-0.4, -0.2) is 20.6 Å². The summed E-state index contributed by atoms with van der Waals surface area (Å²) in [6.07, 6.45) is 1.37. The lowest BCUT2D eigenvalue weighted by Crippen LogP contribution is -2.23. The van der Waals surface area contributed by atoms with Gasteiger partial charge in [-0.15, -0.1) is 0 Å². The van der Waals surface area contributed by atoms with E-state index in [0.717, 1.165) is 0 Å². The van der Waals surface area contributed by atoms with Crippen LogP contribution in [0.2, 0.25) is 0 Å². The molecule has 0 radical (unpaired) electrons. The van der Waals surface area contributed by atoms with Gasteiger partial charge in [-0.1, -0.05) is 5.16 Å². The Labute approximate surface area is 129 Å². The number of hydrogen-bond donors (Lipinski definition) is 1. The molecule has 23 heavy (non-hydrogen) atoms. The van der Waals surface area contributed by atoms with E-state index >= 15 is 0 Å². The van der Waals surface area contributed by atoms with Gasteiger partial charge in [0.05, 0.1) is 17.2 Å². The number of anilines is 1. The molecule has 0 saturated heterocycles. The maximum Gasteiger partial charge on any atom is 0.261 e. The molecule has 1 aromatic carbocycles. The van der Waals surface area contributed by atoms with Crippen LogP contribution in [0.1, 0.15) is 12.2 Å². The van der Waals surface area contributed by atoms with E-state index in [1.165, 1.54) is 29.1 Å². The van der Waals surface area contributed by atoms with Crippen LogP contribution in [-0.2, 0) is 11.3 Å². The molecule has 0 aliphatic heterocycles. The fraction of sp³-hybridized carbons (Fsp3) is 0.200. The molecule has 3 rings (SSSR count). The summed E-state index contributed by atoms with van der Waals surface area (Å²) < 4.78 is 19.3. The summed E-state index contributed by atoms with van der Waals surface area (Å²) in [5.41, 5.74) is -0.0335. The molecule has 0 atom stereocenters. The molecule has 0 bridgehead atoms. The Bertz CT molecular complexity index is 932. The molecule has 3 aromatic rings. The van der Waals surface area contributed by atoms with Crippen LogP contribution < -0.4 is 10.9 Å². The zero-order chi connectivity index (χ0) is 16.4. The SMILES string of the molecule is Cc1cc(NC(=O)CCn2cnc3cc(F)ccc3c2=O)no1. The minimum absolute atomic E-state index is 0.0696. The van der Waals surface area contributed by atoms with Gasteiger partial charge in [0.15, 0.2) is 5.82 Å². The molecular formula is C15H13FN4O3. The van der Waals surface area contributed by atoms with Crippen molar-refractivity contribution in [1.82, 2.24) is 14.7 Å². The Kier molecular flexibility index (Phi) is 3.88. The van der Waals surface area contributed by atoms with Crippen molar-refractivity contribution in [3.8, 4) is 0 Å². The summed E-state index contributed by atoms with van der Waals surface area (Å²) in [7, 11) is 0. The zero-order valence-corrected chi connectivity index (χ0v) is 12.2. The number of fused-ring (bicyclic) bond motifs is 1. The van der Waals surface area contributed by atoms with Crippen LogP contribution in [0.15, 0.2) is 39.9 Å². The smallest absolute Gasteiger partial charge is 0.261 e. The first-order valence-corrected chi connectivity index (χ1v) is 6.91. The van der Waals surface area contributed by atoms with Crippen LogP contribution in [0.5, 0.6) is 0 Å². The number of carbonyl (C=O) groups is 1. The van der Waals surface area contributed by atoms with Gasteiger partial charge in [-0.2, -0.15) is 0 Å². The number of carbonyl (C=O) groups excluding carboxylic acids is 1. The summed E-state index contributed by atoms with van der Waals surface area (Å²) in [5, 5.41) is 6.53. The normalized spacial score (nSPS) is 10.9. The third kappa shape index (κ3) is 3.25. The molecule has 1 amide bonds. The van der Waals surface area contributed by atoms with Gasteiger partial charge < -0.3 is 9.84 Å². The summed E-state index contributed by atoms with van der Waals surface area (Å²) in [6.45, 7) is 1.87. The molecule has 0 fully saturated rings. The number of aryl methyl sites for hydroxylation is 2. The van der Waals surface area contributed by atoms with Gasteiger partial charge >= 0.3 is 0 Å². The zero-order valence-electron chi connectivity index (χ0n) is 12.2. The van der Waals surface area contributed by atoms with Gasteiger partial charge in [0, 0.05) is 25.1 Å². The van der Waals surface area contributed by atoms with Crippen molar-refractivity contribution in [2.45, 2.75) is 19.9 Å². The maximum absolute atomic E-state index is 13.1. The highest BCUT2D eigenvalue weighted by Crippen LogP contribution is 2.09. The second-order valence-electron chi connectivity index (χ2n) is 5.03. The first-order valence-electron chi connectivity index (χ1n) is 6.91. The number of nitrogens with zero attached hydrogens (tertiary/aromatic N) is 3. The van der Waals surface area contributed by atoms with Crippen molar-refractivity contribution in [1.29, 1.82) is 0 Å². The number of rotatable bonds is 4. The predicted molar refractivity (Wildman–Crippen MR) is 80.4 cm³/mol. The average Bonchev–Trinajstić information content (AvgIpc) is 2.91. The van der Waals surface area contributed by atoms with Crippen LogP contribution in [0, 0.1) is 12.7 Å². The van der Waals surface area contributed by atoms with Crippen molar-refractivity contribution in [3.05, 3.63) is 52.5 Å². The molecule has 0 aliphatic carbocycles. The van der Waals surface area contributed by atoms with E-state index in [2.05, 4.69) is 15.5 Å². The molecule has 1 N–H and O–H groups in total. The molecule has 8 heteroatoms. The number of halogens is 1. The largest absolute Gasteiger partial charge is 0.360 e. The number of amides is 1. The minimum Gasteiger partial charge on any atom is -0.360 e. The second kappa shape index (κ2) is 5.99. The standard InChI is InChI=1S/C15H13FN4O3/c1-9-6-13(19-23-9)18-14(21)4-5-20-8-17-12-7-10(16)2-3-11(12)15(20)22/h2-3,6-8H,4-5H2,1H3,(H,18,19,21). The molecule has 0 spiro atoms.